The van der Waals surface area contributed by atoms with E-state index >= 15 is 0 Å². The molecule has 1 aromatic rings. The van der Waals surface area contributed by atoms with Crippen molar-refractivity contribution in [1.82, 2.24) is 0 Å². The van der Waals surface area contributed by atoms with Crippen molar-refractivity contribution in [2.45, 2.75) is 41.0 Å². The van der Waals surface area contributed by atoms with E-state index in [0.717, 1.165) is 0 Å². The summed E-state index contributed by atoms with van der Waals surface area (Å²) in [6.45, 7) is 8.86. The third-order valence-corrected chi connectivity index (χ3v) is 2.12. The van der Waals surface area contributed by atoms with Gasteiger partial charge in [-0.1, -0.05) is 39.5 Å². The third kappa shape index (κ3) is 2.10. The molecule has 0 heterocycles. The highest BCUT2D eigenvalue weighted by molar-refractivity contribution is 5.35. The quantitative estimate of drug-likeness (QED) is 0.587. The molecule has 0 aliphatic carbocycles. The van der Waals surface area contributed by atoms with Gasteiger partial charge in [0.1, 0.15) is 0 Å². The van der Waals surface area contributed by atoms with Crippen LogP contribution in [0.3, 0.4) is 0 Å². The average Bonchev–Trinajstić information content (AvgIpc) is 1.85. The van der Waals surface area contributed by atoms with Gasteiger partial charge in [-0.2, -0.15) is 0 Å². The molecule has 0 N–H and O–H groups in total. The fourth-order valence-electron chi connectivity index (χ4n) is 1.74. The summed E-state index contributed by atoms with van der Waals surface area (Å²) in [7, 11) is 0. The molecule has 68 valence electrons. The van der Waals surface area contributed by atoms with Gasteiger partial charge in [0.25, 0.3) is 0 Å². The second kappa shape index (κ2) is 4.30. The van der Waals surface area contributed by atoms with E-state index in [1.807, 2.05) is 0 Å². The zero-order valence-corrected chi connectivity index (χ0v) is 7.81. The Labute approximate surface area is 76.6 Å². The standard InChI is InChI=1S/C11H16.CH4/c1-8(2)11-9(3)6-5-7-10(11)4;/h5-8H,1-4H3;1H4. The molecule has 0 saturated heterocycles. The van der Waals surface area contributed by atoms with Gasteiger partial charge in [0.2, 0.25) is 0 Å². The zero-order valence-electron chi connectivity index (χ0n) is 7.81. The van der Waals surface area contributed by atoms with Crippen LogP contribution >= 0.6 is 0 Å². The molecule has 0 bridgehead atoms. The number of aryl methyl sites for hydroxylation is 2. The van der Waals surface area contributed by atoms with E-state index in [0.29, 0.717) is 5.92 Å². The first-order valence-electron chi connectivity index (χ1n) is 4.19. The van der Waals surface area contributed by atoms with Crippen molar-refractivity contribution in [3.8, 4) is 0 Å². The number of benzene rings is 1. The molecule has 0 radical (unpaired) electrons. The van der Waals surface area contributed by atoms with Crippen LogP contribution < -0.4 is 0 Å². The van der Waals surface area contributed by atoms with E-state index in [4.69, 9.17) is 0 Å². The fraction of sp³-hybridized carbons (Fsp3) is 0.500. The van der Waals surface area contributed by atoms with Crippen molar-refractivity contribution in [3.05, 3.63) is 34.9 Å². The highest BCUT2D eigenvalue weighted by atomic mass is 14.1. The maximum Gasteiger partial charge on any atom is -0.0214 e. The molecule has 0 nitrogen and oxygen atoms in total. The Morgan fingerprint density at radius 3 is 1.67 bits per heavy atom. The van der Waals surface area contributed by atoms with Crippen molar-refractivity contribution < 1.29 is 0 Å². The maximum atomic E-state index is 2.25. The summed E-state index contributed by atoms with van der Waals surface area (Å²) in [5.74, 6) is 0.649. The monoisotopic (exact) mass is 164 g/mol. The molecule has 1 aromatic carbocycles. The molecule has 0 heteroatoms. The Bertz CT molecular complexity index is 226. The third-order valence-electron chi connectivity index (χ3n) is 2.12. The Balaban J connectivity index is 0.00000121. The minimum atomic E-state index is 0. The zero-order chi connectivity index (χ0) is 8.43. The van der Waals surface area contributed by atoms with Gasteiger partial charge in [0.05, 0.1) is 0 Å². The van der Waals surface area contributed by atoms with E-state index in [-0.39, 0.29) is 7.43 Å². The van der Waals surface area contributed by atoms with Crippen LogP contribution in [0.25, 0.3) is 0 Å². The Kier molecular flexibility index (Phi) is 4.02. The summed E-state index contributed by atoms with van der Waals surface area (Å²) in [6, 6.07) is 6.49. The molecular weight excluding hydrogens is 144 g/mol. The summed E-state index contributed by atoms with van der Waals surface area (Å²) < 4.78 is 0. The lowest BCUT2D eigenvalue weighted by molar-refractivity contribution is 0.846. The maximum absolute atomic E-state index is 2.25. The molecule has 0 atom stereocenters. The molecule has 0 saturated carbocycles. The van der Waals surface area contributed by atoms with Gasteiger partial charge in [-0.3, -0.25) is 0 Å². The highest BCUT2D eigenvalue weighted by Crippen LogP contribution is 2.22. The Hall–Kier alpha value is -0.780. The lowest BCUT2D eigenvalue weighted by atomic mass is 9.94. The molecule has 0 unspecified atom stereocenters. The van der Waals surface area contributed by atoms with Crippen LogP contribution in [0.15, 0.2) is 18.2 Å². The molecule has 0 amide bonds. The van der Waals surface area contributed by atoms with Crippen molar-refractivity contribution in [1.29, 1.82) is 0 Å². The predicted molar refractivity (Wildman–Crippen MR) is 56.7 cm³/mol. The van der Waals surface area contributed by atoms with E-state index in [9.17, 15) is 0 Å². The molecule has 12 heavy (non-hydrogen) atoms. The van der Waals surface area contributed by atoms with Crippen LogP contribution in [0.5, 0.6) is 0 Å². The minimum absolute atomic E-state index is 0. The van der Waals surface area contributed by atoms with Crippen LogP contribution in [-0.2, 0) is 0 Å². The molecule has 0 spiro atoms. The fourth-order valence-corrected chi connectivity index (χ4v) is 1.74. The number of hydrogen-bond acceptors (Lipinski definition) is 0. The van der Waals surface area contributed by atoms with Crippen molar-refractivity contribution >= 4 is 0 Å². The molecule has 0 aliphatic rings. The van der Waals surface area contributed by atoms with E-state index in [1.54, 1.807) is 0 Å². The van der Waals surface area contributed by atoms with Gasteiger partial charge >= 0.3 is 0 Å². The summed E-state index contributed by atoms with van der Waals surface area (Å²) >= 11 is 0. The Morgan fingerprint density at radius 1 is 1.00 bits per heavy atom. The summed E-state index contributed by atoms with van der Waals surface area (Å²) in [5, 5.41) is 0. The topological polar surface area (TPSA) is 0 Å². The molecule has 0 fully saturated rings. The summed E-state index contributed by atoms with van der Waals surface area (Å²) in [4.78, 5) is 0. The molecule has 0 aliphatic heterocycles. The smallest absolute Gasteiger partial charge is 0.0214 e. The minimum Gasteiger partial charge on any atom is -0.0776 e. The van der Waals surface area contributed by atoms with Crippen molar-refractivity contribution in [3.63, 3.8) is 0 Å². The lowest BCUT2D eigenvalue weighted by Gasteiger charge is -2.12. The van der Waals surface area contributed by atoms with E-state index < -0.39 is 0 Å². The normalized spacial score (nSPS) is 9.75. The average molecular weight is 164 g/mol. The van der Waals surface area contributed by atoms with Crippen molar-refractivity contribution in [2.24, 2.45) is 0 Å². The highest BCUT2D eigenvalue weighted by Gasteiger charge is 2.04. The number of rotatable bonds is 1. The van der Waals surface area contributed by atoms with E-state index in [2.05, 4.69) is 45.9 Å². The van der Waals surface area contributed by atoms with Gasteiger partial charge in [0, 0.05) is 0 Å². The van der Waals surface area contributed by atoms with Crippen LogP contribution in [-0.4, -0.2) is 0 Å². The van der Waals surface area contributed by atoms with Crippen LogP contribution in [0.2, 0.25) is 0 Å². The van der Waals surface area contributed by atoms with Gasteiger partial charge in [-0.25, -0.2) is 0 Å². The van der Waals surface area contributed by atoms with Gasteiger partial charge in [-0.05, 0) is 36.5 Å². The molecule has 1 rings (SSSR count). The SMILES string of the molecule is C.Cc1cccc(C)c1C(C)C. The van der Waals surface area contributed by atoms with Crippen LogP contribution in [0.4, 0.5) is 0 Å². The second-order valence-electron chi connectivity index (χ2n) is 3.46. The first-order valence-corrected chi connectivity index (χ1v) is 4.19. The molecular formula is C12H20. The van der Waals surface area contributed by atoms with Gasteiger partial charge in [-0.15, -0.1) is 0 Å². The molecule has 0 aromatic heterocycles. The largest absolute Gasteiger partial charge is 0.0776 e. The van der Waals surface area contributed by atoms with Crippen LogP contribution in [0, 0.1) is 13.8 Å². The van der Waals surface area contributed by atoms with Gasteiger partial charge in [0.15, 0.2) is 0 Å². The van der Waals surface area contributed by atoms with E-state index in [1.165, 1.54) is 16.7 Å². The lowest BCUT2D eigenvalue weighted by Crippen LogP contribution is -1.94. The predicted octanol–water partition coefficient (Wildman–Crippen LogP) is 4.06. The second-order valence-corrected chi connectivity index (χ2v) is 3.46. The van der Waals surface area contributed by atoms with Gasteiger partial charge < -0.3 is 0 Å². The Morgan fingerprint density at radius 2 is 1.42 bits per heavy atom. The summed E-state index contributed by atoms with van der Waals surface area (Å²) in [6.07, 6.45) is 0. The first-order chi connectivity index (χ1) is 5.13. The summed E-state index contributed by atoms with van der Waals surface area (Å²) in [5.41, 5.74) is 4.34. The first kappa shape index (κ1) is 11.2. The van der Waals surface area contributed by atoms with Crippen LogP contribution in [0.1, 0.15) is 43.9 Å². The van der Waals surface area contributed by atoms with Crippen molar-refractivity contribution in [2.75, 3.05) is 0 Å². The number of hydrogen-bond donors (Lipinski definition) is 0.